The van der Waals surface area contributed by atoms with Gasteiger partial charge in [-0.05, 0) is 32.6 Å². The summed E-state index contributed by atoms with van der Waals surface area (Å²) >= 11 is 0. The molecule has 7 nitrogen and oxygen atoms in total. The molecule has 7 heteroatoms. The third-order valence-electron chi connectivity index (χ3n) is 3.03. The van der Waals surface area contributed by atoms with Gasteiger partial charge in [0.15, 0.2) is 0 Å². The number of unbranched alkanes of at least 4 members (excludes halogenated alkanes) is 4. The Kier molecular flexibility index (Phi) is 13.3. The molecule has 22 heavy (non-hydrogen) atoms. The van der Waals surface area contributed by atoms with Crippen LogP contribution in [0.15, 0.2) is 0 Å². The van der Waals surface area contributed by atoms with Crippen molar-refractivity contribution in [3.63, 3.8) is 0 Å². The van der Waals surface area contributed by atoms with E-state index in [-0.39, 0.29) is 11.7 Å². The summed E-state index contributed by atoms with van der Waals surface area (Å²) in [5.74, 6) is 0.279. The minimum absolute atomic E-state index is 0.0605. The first kappa shape index (κ1) is 20.4. The van der Waals surface area contributed by atoms with Crippen molar-refractivity contribution in [2.45, 2.75) is 58.3 Å². The normalized spacial score (nSPS) is 10.1. The average Bonchev–Trinajstić information content (AvgIpc) is 2.49. The second kappa shape index (κ2) is 14.3. The first-order valence-corrected chi connectivity index (χ1v) is 7.80. The number of ether oxygens (including phenoxy) is 1. The molecule has 0 saturated heterocycles. The zero-order valence-corrected chi connectivity index (χ0v) is 13.6. The highest BCUT2D eigenvalue weighted by atomic mass is 16.8. The van der Waals surface area contributed by atoms with Gasteiger partial charge in [-0.3, -0.25) is 4.79 Å². The minimum atomic E-state index is -0.761. The Bertz CT molecular complexity index is 334. The highest BCUT2D eigenvalue weighted by Crippen LogP contribution is 2.01. The van der Waals surface area contributed by atoms with Gasteiger partial charge in [0.1, 0.15) is 5.78 Å². The topological polar surface area (TPSA) is 93.7 Å². The van der Waals surface area contributed by atoms with Gasteiger partial charge in [-0.25, -0.2) is 4.79 Å². The Hall–Kier alpha value is -1.63. The molecule has 0 bridgehead atoms. The van der Waals surface area contributed by atoms with Gasteiger partial charge < -0.3 is 19.7 Å². The van der Waals surface area contributed by atoms with Crippen LogP contribution in [0.4, 0.5) is 4.79 Å². The van der Waals surface area contributed by atoms with Gasteiger partial charge in [-0.2, -0.15) is 0 Å². The maximum atomic E-state index is 11.5. The van der Waals surface area contributed by atoms with E-state index in [4.69, 9.17) is 0 Å². The summed E-state index contributed by atoms with van der Waals surface area (Å²) in [6.07, 6.45) is 5.63. The number of hydrogen-bond acceptors (Lipinski definition) is 6. The zero-order chi connectivity index (χ0) is 16.6. The maximum absolute atomic E-state index is 11.5. The average molecular weight is 316 g/mol. The number of hydrogen-bond donors (Lipinski definition) is 2. The van der Waals surface area contributed by atoms with Crippen molar-refractivity contribution in [2.75, 3.05) is 20.2 Å². The van der Waals surface area contributed by atoms with Crippen LogP contribution in [0.1, 0.15) is 58.3 Å². The van der Waals surface area contributed by atoms with E-state index in [1.165, 1.54) is 7.11 Å². The number of amides is 1. The second-order valence-corrected chi connectivity index (χ2v) is 5.12. The smallest absolute Gasteiger partial charge is 0.436 e. The number of Topliss-reactive ketones (excluding diaryl/α,β-unsaturated/α-hetero) is 1. The molecule has 2 N–H and O–H groups in total. The lowest BCUT2D eigenvalue weighted by Crippen LogP contribution is -2.24. The number of carbonyl (C=O) groups is 3. The van der Waals surface area contributed by atoms with Gasteiger partial charge in [0.2, 0.25) is 5.91 Å². The molecule has 0 aromatic rings. The highest BCUT2D eigenvalue weighted by molar-refractivity contribution is 5.76. The minimum Gasteiger partial charge on any atom is -0.436 e. The molecule has 0 saturated carbocycles. The fourth-order valence-corrected chi connectivity index (χ4v) is 1.80. The van der Waals surface area contributed by atoms with Gasteiger partial charge in [-0.15, -0.1) is 5.48 Å². The van der Waals surface area contributed by atoms with Gasteiger partial charge >= 0.3 is 6.16 Å². The van der Waals surface area contributed by atoms with Crippen LogP contribution in [0.5, 0.6) is 0 Å². The van der Waals surface area contributed by atoms with Crippen molar-refractivity contribution in [1.29, 1.82) is 0 Å². The van der Waals surface area contributed by atoms with Crippen molar-refractivity contribution in [3.05, 3.63) is 0 Å². The standard InChI is InChI=1S/C15H28N2O5/c1-13(18)9-5-3-7-11-16-14(19)10-6-4-8-12-17-22-15(20)21-2/h17H,3-12H2,1-2H3,(H,16,19). The lowest BCUT2D eigenvalue weighted by Gasteiger charge is -2.06. The number of ketones is 1. The second-order valence-electron chi connectivity index (χ2n) is 5.12. The third-order valence-corrected chi connectivity index (χ3v) is 3.03. The summed E-state index contributed by atoms with van der Waals surface area (Å²) in [5.41, 5.74) is 2.49. The first-order chi connectivity index (χ1) is 10.6. The summed E-state index contributed by atoms with van der Waals surface area (Å²) in [6.45, 7) is 2.80. The molecule has 0 fully saturated rings. The summed E-state index contributed by atoms with van der Waals surface area (Å²) in [7, 11) is 1.24. The van der Waals surface area contributed by atoms with E-state index < -0.39 is 6.16 Å². The molecule has 0 aromatic heterocycles. The summed E-state index contributed by atoms with van der Waals surface area (Å²) in [6, 6.07) is 0. The van der Waals surface area contributed by atoms with E-state index in [1.807, 2.05) is 0 Å². The van der Waals surface area contributed by atoms with Crippen LogP contribution in [-0.4, -0.2) is 38.0 Å². The van der Waals surface area contributed by atoms with E-state index in [9.17, 15) is 14.4 Å². The van der Waals surface area contributed by atoms with Crippen LogP contribution < -0.4 is 10.8 Å². The maximum Gasteiger partial charge on any atom is 0.527 e. The van der Waals surface area contributed by atoms with Crippen molar-refractivity contribution in [1.82, 2.24) is 10.8 Å². The lowest BCUT2D eigenvalue weighted by molar-refractivity contribution is -0.121. The molecule has 0 aliphatic rings. The number of nitrogens with one attached hydrogen (secondary N) is 2. The molecule has 0 radical (unpaired) electrons. The molecule has 1 amide bonds. The quantitative estimate of drug-likeness (QED) is 0.307. The van der Waals surface area contributed by atoms with Gasteiger partial charge in [0, 0.05) is 25.9 Å². The highest BCUT2D eigenvalue weighted by Gasteiger charge is 2.02. The Morgan fingerprint density at radius 2 is 1.50 bits per heavy atom. The molecule has 0 aromatic carbocycles. The molecular weight excluding hydrogens is 288 g/mol. The van der Waals surface area contributed by atoms with E-state index in [0.717, 1.165) is 38.5 Å². The van der Waals surface area contributed by atoms with Crippen molar-refractivity contribution < 1.29 is 24.0 Å². The van der Waals surface area contributed by atoms with Gasteiger partial charge in [0.05, 0.1) is 7.11 Å². The van der Waals surface area contributed by atoms with Crippen LogP contribution in [0, 0.1) is 0 Å². The fourth-order valence-electron chi connectivity index (χ4n) is 1.80. The molecule has 0 aliphatic heterocycles. The molecule has 0 rings (SSSR count). The van der Waals surface area contributed by atoms with Crippen LogP contribution >= 0.6 is 0 Å². The Morgan fingerprint density at radius 3 is 2.14 bits per heavy atom. The Labute approximate surface area is 132 Å². The molecule has 0 heterocycles. The molecular formula is C15H28N2O5. The Balaban J connectivity index is 3.26. The third kappa shape index (κ3) is 14.8. The first-order valence-electron chi connectivity index (χ1n) is 7.80. The van der Waals surface area contributed by atoms with E-state index in [1.54, 1.807) is 6.92 Å². The Morgan fingerprint density at radius 1 is 0.864 bits per heavy atom. The summed E-state index contributed by atoms with van der Waals surface area (Å²) in [5, 5.41) is 2.87. The van der Waals surface area contributed by atoms with Gasteiger partial charge in [0.25, 0.3) is 0 Å². The van der Waals surface area contributed by atoms with Crippen molar-refractivity contribution in [2.24, 2.45) is 0 Å². The predicted octanol–water partition coefficient (Wildman–Crippen LogP) is 2.10. The van der Waals surface area contributed by atoms with E-state index in [0.29, 0.717) is 25.9 Å². The number of rotatable bonds is 13. The van der Waals surface area contributed by atoms with Crippen LogP contribution in [0.3, 0.4) is 0 Å². The SMILES string of the molecule is COC(=O)ONCCCCCC(=O)NCCCCCC(C)=O. The molecule has 0 atom stereocenters. The van der Waals surface area contributed by atoms with Crippen LogP contribution in [-0.2, 0) is 19.2 Å². The molecule has 0 aliphatic carbocycles. The van der Waals surface area contributed by atoms with E-state index in [2.05, 4.69) is 20.4 Å². The van der Waals surface area contributed by atoms with Gasteiger partial charge in [-0.1, -0.05) is 12.8 Å². The molecule has 128 valence electrons. The summed E-state index contributed by atoms with van der Waals surface area (Å²) < 4.78 is 4.29. The fraction of sp³-hybridized carbons (Fsp3) is 0.800. The van der Waals surface area contributed by atoms with Crippen LogP contribution in [0.2, 0.25) is 0 Å². The lowest BCUT2D eigenvalue weighted by atomic mass is 10.1. The predicted molar refractivity (Wildman–Crippen MR) is 82.1 cm³/mol. The molecule has 0 unspecified atom stereocenters. The van der Waals surface area contributed by atoms with Crippen molar-refractivity contribution in [3.8, 4) is 0 Å². The number of carbonyl (C=O) groups excluding carboxylic acids is 3. The molecule has 0 spiro atoms. The number of hydroxylamine groups is 1. The van der Waals surface area contributed by atoms with Crippen molar-refractivity contribution >= 4 is 17.8 Å². The number of methoxy groups -OCH3 is 1. The van der Waals surface area contributed by atoms with E-state index >= 15 is 0 Å². The monoisotopic (exact) mass is 316 g/mol. The summed E-state index contributed by atoms with van der Waals surface area (Å²) in [4.78, 5) is 37.4. The largest absolute Gasteiger partial charge is 0.527 e. The van der Waals surface area contributed by atoms with Crippen LogP contribution in [0.25, 0.3) is 0 Å². The zero-order valence-electron chi connectivity index (χ0n) is 13.6.